The molecule has 0 spiro atoms. The van der Waals surface area contributed by atoms with Gasteiger partial charge in [0, 0.05) is 19.7 Å². The highest BCUT2D eigenvalue weighted by atomic mass is 16.5. The highest BCUT2D eigenvalue weighted by Crippen LogP contribution is 2.27. The van der Waals surface area contributed by atoms with Crippen molar-refractivity contribution < 1.29 is 19.1 Å². The third kappa shape index (κ3) is 5.23. The number of para-hydroxylation sites is 1. The highest BCUT2D eigenvalue weighted by Gasteiger charge is 2.18. The van der Waals surface area contributed by atoms with Crippen LogP contribution in [-0.4, -0.2) is 44.5 Å². The van der Waals surface area contributed by atoms with Crippen LogP contribution in [0.3, 0.4) is 0 Å². The van der Waals surface area contributed by atoms with Gasteiger partial charge in [0.15, 0.2) is 6.61 Å². The number of aryl methyl sites for hydroxylation is 1. The minimum absolute atomic E-state index is 0.126. The van der Waals surface area contributed by atoms with Gasteiger partial charge in [-0.2, -0.15) is 0 Å². The zero-order valence-corrected chi connectivity index (χ0v) is 16.4. The van der Waals surface area contributed by atoms with E-state index >= 15 is 0 Å². The average molecular weight is 370 g/mol. The number of rotatable bonds is 7. The zero-order valence-electron chi connectivity index (χ0n) is 16.4. The van der Waals surface area contributed by atoms with Crippen LogP contribution in [0.1, 0.15) is 34.5 Å². The number of likely N-dealkylation sites (N-methyl/N-ethyl adjacent to an activating group) is 1. The van der Waals surface area contributed by atoms with Crippen LogP contribution < -0.4 is 14.8 Å². The number of amides is 2. The molecule has 2 rings (SSSR count). The van der Waals surface area contributed by atoms with Crippen molar-refractivity contribution in [3.8, 4) is 11.5 Å². The third-order valence-corrected chi connectivity index (χ3v) is 4.18. The SMILES string of the molecule is COc1ccc(C)cc1C(C)NC(=O)c1ccccc1OCC(=O)N(C)C. The van der Waals surface area contributed by atoms with Crippen molar-refractivity contribution >= 4 is 11.8 Å². The number of nitrogens with one attached hydrogen (secondary N) is 1. The highest BCUT2D eigenvalue weighted by molar-refractivity contribution is 5.97. The Bertz CT molecular complexity index is 818. The van der Waals surface area contributed by atoms with Gasteiger partial charge >= 0.3 is 0 Å². The molecular formula is C21H26N2O4. The number of hydrogen-bond acceptors (Lipinski definition) is 4. The normalized spacial score (nSPS) is 11.4. The van der Waals surface area contributed by atoms with E-state index in [1.54, 1.807) is 45.5 Å². The molecule has 1 unspecified atom stereocenters. The molecule has 0 aromatic heterocycles. The van der Waals surface area contributed by atoms with Crippen molar-refractivity contribution in [2.45, 2.75) is 19.9 Å². The summed E-state index contributed by atoms with van der Waals surface area (Å²) in [5.41, 5.74) is 2.35. The number of nitrogens with zero attached hydrogens (tertiary/aromatic N) is 1. The van der Waals surface area contributed by atoms with Gasteiger partial charge in [0.25, 0.3) is 11.8 Å². The zero-order chi connectivity index (χ0) is 20.0. The summed E-state index contributed by atoms with van der Waals surface area (Å²) < 4.78 is 11.0. The van der Waals surface area contributed by atoms with E-state index in [1.807, 2.05) is 32.0 Å². The lowest BCUT2D eigenvalue weighted by Gasteiger charge is -2.19. The molecule has 27 heavy (non-hydrogen) atoms. The molecule has 0 radical (unpaired) electrons. The summed E-state index contributed by atoms with van der Waals surface area (Å²) in [4.78, 5) is 26.0. The van der Waals surface area contributed by atoms with Crippen LogP contribution in [0.2, 0.25) is 0 Å². The first-order valence-electron chi connectivity index (χ1n) is 8.71. The lowest BCUT2D eigenvalue weighted by atomic mass is 10.0. The molecule has 0 saturated carbocycles. The summed E-state index contributed by atoms with van der Waals surface area (Å²) in [6.07, 6.45) is 0. The van der Waals surface area contributed by atoms with Gasteiger partial charge < -0.3 is 19.7 Å². The predicted molar refractivity (Wildman–Crippen MR) is 104 cm³/mol. The van der Waals surface area contributed by atoms with Crippen LogP contribution in [-0.2, 0) is 4.79 Å². The van der Waals surface area contributed by atoms with Gasteiger partial charge in [-0.1, -0.05) is 29.8 Å². The first-order chi connectivity index (χ1) is 12.8. The van der Waals surface area contributed by atoms with Crippen molar-refractivity contribution in [3.63, 3.8) is 0 Å². The van der Waals surface area contributed by atoms with Gasteiger partial charge in [-0.05, 0) is 32.0 Å². The Labute approximate surface area is 160 Å². The second kappa shape index (κ2) is 9.07. The fourth-order valence-electron chi connectivity index (χ4n) is 2.59. The van der Waals surface area contributed by atoms with Crippen LogP contribution in [0.4, 0.5) is 0 Å². The lowest BCUT2D eigenvalue weighted by molar-refractivity contribution is -0.130. The van der Waals surface area contributed by atoms with Gasteiger partial charge in [0.05, 0.1) is 18.7 Å². The molecule has 1 N–H and O–H groups in total. The monoisotopic (exact) mass is 370 g/mol. The molecule has 0 aliphatic carbocycles. The molecule has 2 aromatic carbocycles. The van der Waals surface area contributed by atoms with Crippen LogP contribution >= 0.6 is 0 Å². The minimum atomic E-state index is -0.279. The first kappa shape index (κ1) is 20.3. The van der Waals surface area contributed by atoms with E-state index in [4.69, 9.17) is 9.47 Å². The maximum absolute atomic E-state index is 12.8. The molecule has 6 nitrogen and oxygen atoms in total. The largest absolute Gasteiger partial charge is 0.496 e. The second-order valence-electron chi connectivity index (χ2n) is 6.51. The molecule has 2 amide bonds. The van der Waals surface area contributed by atoms with Gasteiger partial charge in [0.2, 0.25) is 0 Å². The van der Waals surface area contributed by atoms with Crippen LogP contribution in [0.5, 0.6) is 11.5 Å². The summed E-state index contributed by atoms with van der Waals surface area (Å²) in [5.74, 6) is 0.630. The Hall–Kier alpha value is -3.02. The predicted octanol–water partition coefficient (Wildman–Crippen LogP) is 2.96. The van der Waals surface area contributed by atoms with Crippen LogP contribution in [0.25, 0.3) is 0 Å². The Morgan fingerprint density at radius 2 is 1.81 bits per heavy atom. The van der Waals surface area contributed by atoms with Crippen molar-refractivity contribution in [2.75, 3.05) is 27.8 Å². The van der Waals surface area contributed by atoms with Crippen LogP contribution in [0.15, 0.2) is 42.5 Å². The summed E-state index contributed by atoms with van der Waals surface area (Å²) in [7, 11) is 4.91. The molecule has 2 aromatic rings. The number of hydrogen-bond donors (Lipinski definition) is 1. The van der Waals surface area contributed by atoms with Gasteiger partial charge in [-0.25, -0.2) is 0 Å². The maximum atomic E-state index is 12.8. The molecule has 0 saturated heterocycles. The van der Waals surface area contributed by atoms with E-state index in [9.17, 15) is 9.59 Å². The van der Waals surface area contributed by atoms with Gasteiger partial charge in [0.1, 0.15) is 11.5 Å². The fraction of sp³-hybridized carbons (Fsp3) is 0.333. The summed E-state index contributed by atoms with van der Waals surface area (Å²) >= 11 is 0. The summed E-state index contributed by atoms with van der Waals surface area (Å²) in [6, 6.07) is 12.4. The summed E-state index contributed by atoms with van der Waals surface area (Å²) in [5, 5.41) is 2.97. The lowest BCUT2D eigenvalue weighted by Crippen LogP contribution is -2.29. The van der Waals surface area contributed by atoms with E-state index in [2.05, 4.69) is 5.32 Å². The first-order valence-corrected chi connectivity index (χ1v) is 8.71. The Morgan fingerprint density at radius 1 is 1.11 bits per heavy atom. The number of carbonyl (C=O) groups excluding carboxylic acids is 2. The molecule has 0 aliphatic heterocycles. The second-order valence-corrected chi connectivity index (χ2v) is 6.51. The Morgan fingerprint density at radius 3 is 2.48 bits per heavy atom. The number of benzene rings is 2. The summed E-state index contributed by atoms with van der Waals surface area (Å²) in [6.45, 7) is 3.76. The number of ether oxygens (including phenoxy) is 2. The van der Waals surface area contributed by atoms with E-state index in [1.165, 1.54) is 4.90 Å². The van der Waals surface area contributed by atoms with E-state index in [0.29, 0.717) is 11.3 Å². The van der Waals surface area contributed by atoms with E-state index < -0.39 is 0 Å². The number of carbonyl (C=O) groups is 2. The quantitative estimate of drug-likeness (QED) is 0.814. The van der Waals surface area contributed by atoms with E-state index in [-0.39, 0.29) is 24.5 Å². The van der Waals surface area contributed by atoms with Gasteiger partial charge in [-0.15, -0.1) is 0 Å². The fourth-order valence-corrected chi connectivity index (χ4v) is 2.59. The molecule has 1 atom stereocenters. The molecule has 0 bridgehead atoms. The van der Waals surface area contributed by atoms with E-state index in [0.717, 1.165) is 16.9 Å². The standard InChI is InChI=1S/C21H26N2O4/c1-14-10-11-18(26-5)17(12-14)15(2)22-21(25)16-8-6-7-9-19(16)27-13-20(24)23(3)4/h6-12,15H,13H2,1-5H3,(H,22,25). The average Bonchev–Trinajstić information content (AvgIpc) is 2.65. The third-order valence-electron chi connectivity index (χ3n) is 4.18. The molecular weight excluding hydrogens is 344 g/mol. The van der Waals surface area contributed by atoms with Crippen molar-refractivity contribution in [2.24, 2.45) is 0 Å². The van der Waals surface area contributed by atoms with Crippen molar-refractivity contribution in [3.05, 3.63) is 59.2 Å². The molecule has 144 valence electrons. The molecule has 0 aliphatic rings. The minimum Gasteiger partial charge on any atom is -0.496 e. The van der Waals surface area contributed by atoms with Crippen molar-refractivity contribution in [1.82, 2.24) is 10.2 Å². The topological polar surface area (TPSA) is 67.9 Å². The number of methoxy groups -OCH3 is 1. The Kier molecular flexibility index (Phi) is 6.82. The molecule has 0 heterocycles. The molecule has 0 fully saturated rings. The van der Waals surface area contributed by atoms with Gasteiger partial charge in [-0.3, -0.25) is 9.59 Å². The smallest absolute Gasteiger partial charge is 0.259 e. The maximum Gasteiger partial charge on any atom is 0.259 e. The van der Waals surface area contributed by atoms with Crippen molar-refractivity contribution in [1.29, 1.82) is 0 Å². The Balaban J connectivity index is 2.16. The van der Waals surface area contributed by atoms with Crippen LogP contribution in [0, 0.1) is 6.92 Å². The molecule has 6 heteroatoms.